The van der Waals surface area contributed by atoms with Crippen molar-refractivity contribution in [3.05, 3.63) is 46.2 Å². The van der Waals surface area contributed by atoms with Crippen molar-refractivity contribution >= 4 is 26.1 Å². The first-order chi connectivity index (χ1) is 8.66. The van der Waals surface area contributed by atoms with E-state index in [1.165, 1.54) is 10.4 Å². The summed E-state index contributed by atoms with van der Waals surface area (Å²) < 4.78 is 5.99. The molecule has 0 saturated carbocycles. The van der Waals surface area contributed by atoms with Gasteiger partial charge in [-0.25, -0.2) is 0 Å². The van der Waals surface area contributed by atoms with Crippen LogP contribution in [0.5, 0.6) is 5.75 Å². The van der Waals surface area contributed by atoms with Crippen LogP contribution in [0.15, 0.2) is 35.7 Å². The lowest BCUT2D eigenvalue weighted by Gasteiger charge is -2.17. The molecule has 0 atom stereocenters. The monoisotopic (exact) mass is 277 g/mol. The molecule has 0 spiro atoms. The third kappa shape index (κ3) is 3.37. The number of thiophene rings is 1. The van der Waals surface area contributed by atoms with Gasteiger partial charge < -0.3 is 9.74 Å². The minimum atomic E-state index is -0.740. The lowest BCUT2D eigenvalue weighted by molar-refractivity contribution is 0.577. The number of nitrogens with one attached hydrogen (secondary N) is 1. The van der Waals surface area contributed by atoms with Crippen molar-refractivity contribution in [1.29, 1.82) is 0 Å². The zero-order chi connectivity index (χ0) is 13.0. The highest BCUT2D eigenvalue weighted by atomic mass is 32.1. The number of rotatable bonds is 5. The molecule has 1 radical (unpaired) electrons. The molecule has 95 valence electrons. The Kier molecular flexibility index (Phi) is 4.44. The van der Waals surface area contributed by atoms with Gasteiger partial charge in [-0.2, -0.15) is 0 Å². The van der Waals surface area contributed by atoms with Crippen molar-refractivity contribution in [2.45, 2.75) is 26.6 Å². The van der Waals surface area contributed by atoms with Gasteiger partial charge in [-0.15, -0.1) is 11.3 Å². The van der Waals surface area contributed by atoms with Crippen LogP contribution in [-0.4, -0.2) is 9.04 Å². The highest BCUT2D eigenvalue weighted by Gasteiger charge is 2.09. The summed E-state index contributed by atoms with van der Waals surface area (Å²) in [7, 11) is -0.740. The standard InChI is InChI=1S/C14H18NOSSi/c1-11-6-4-8-13(14(11)16-18(2)3)15-10-12-7-5-9-17-12/h4-9,15H,10H2,1-3H3/p+1. The zero-order valence-electron chi connectivity index (χ0n) is 12.0. The molecule has 0 aliphatic carbocycles. The predicted octanol–water partition coefficient (Wildman–Crippen LogP) is 4.41. The third-order valence-electron chi connectivity index (χ3n) is 2.55. The minimum Gasteiger partial charge on any atom is -0.541 e. The fraction of sp³-hybridized carbons (Fsp3) is 0.286. The third-order valence-corrected chi connectivity index (χ3v) is 4.04. The van der Waals surface area contributed by atoms with Gasteiger partial charge in [-0.3, -0.25) is 0 Å². The summed E-state index contributed by atoms with van der Waals surface area (Å²) in [5, 5.41) is 5.56. The minimum absolute atomic E-state index is 0. The van der Waals surface area contributed by atoms with Crippen LogP contribution >= 0.6 is 11.3 Å². The lowest BCUT2D eigenvalue weighted by Crippen LogP contribution is -2.13. The number of para-hydroxylation sites is 1. The van der Waals surface area contributed by atoms with Gasteiger partial charge >= 0.3 is 1.43 Å². The van der Waals surface area contributed by atoms with Gasteiger partial charge in [0.15, 0.2) is 0 Å². The Morgan fingerprint density at radius 2 is 2.11 bits per heavy atom. The summed E-state index contributed by atoms with van der Waals surface area (Å²) in [5.41, 5.74) is 2.28. The van der Waals surface area contributed by atoms with Crippen LogP contribution in [0.4, 0.5) is 5.69 Å². The van der Waals surface area contributed by atoms with E-state index < -0.39 is 9.04 Å². The summed E-state index contributed by atoms with van der Waals surface area (Å²) in [6.07, 6.45) is 0. The average molecular weight is 277 g/mol. The average Bonchev–Trinajstić information content (AvgIpc) is 2.82. The van der Waals surface area contributed by atoms with Crippen LogP contribution in [-0.2, 0) is 6.54 Å². The molecule has 18 heavy (non-hydrogen) atoms. The zero-order valence-corrected chi connectivity index (χ0v) is 12.8. The first kappa shape index (κ1) is 13.2. The molecular weight excluding hydrogens is 258 g/mol. The predicted molar refractivity (Wildman–Crippen MR) is 82.0 cm³/mol. The molecule has 0 bridgehead atoms. The highest BCUT2D eigenvalue weighted by Crippen LogP contribution is 2.29. The number of anilines is 1. The maximum absolute atomic E-state index is 5.99. The molecule has 0 aliphatic heterocycles. The Labute approximate surface area is 116 Å². The SMILES string of the molecule is Cc1cccc(NCc2cccs2)c1O[Si](C)C.[H+]. The normalized spacial score (nSPS) is 10.7. The number of hydrogen-bond donors (Lipinski definition) is 1. The highest BCUT2D eigenvalue weighted by molar-refractivity contribution is 7.09. The molecule has 1 heterocycles. The Bertz CT molecular complexity index is 502. The molecule has 1 aromatic heterocycles. The van der Waals surface area contributed by atoms with Crippen LogP contribution < -0.4 is 9.74 Å². The van der Waals surface area contributed by atoms with Gasteiger partial charge in [0.2, 0.25) is 0 Å². The van der Waals surface area contributed by atoms with E-state index in [1.54, 1.807) is 11.3 Å². The summed E-state index contributed by atoms with van der Waals surface area (Å²) in [6, 6.07) is 10.5. The fourth-order valence-electron chi connectivity index (χ4n) is 1.73. The summed E-state index contributed by atoms with van der Waals surface area (Å²) in [4.78, 5) is 1.33. The molecular formula is C14H19NOSSi+. The van der Waals surface area contributed by atoms with Crippen molar-refractivity contribution in [2.75, 3.05) is 5.32 Å². The Morgan fingerprint density at radius 1 is 1.28 bits per heavy atom. The summed E-state index contributed by atoms with van der Waals surface area (Å²) in [5.74, 6) is 1.01. The molecule has 2 rings (SSSR count). The van der Waals surface area contributed by atoms with Crippen LogP contribution in [0, 0.1) is 6.92 Å². The van der Waals surface area contributed by atoms with Gasteiger partial charge in [0, 0.05) is 11.4 Å². The molecule has 0 amide bonds. The van der Waals surface area contributed by atoms with E-state index in [0.29, 0.717) is 0 Å². The maximum Gasteiger partial charge on any atom is 1.00 e. The first-order valence-corrected chi connectivity index (χ1v) is 9.29. The molecule has 0 unspecified atom stereocenters. The molecule has 2 aromatic rings. The molecule has 4 heteroatoms. The van der Waals surface area contributed by atoms with Gasteiger partial charge in [0.1, 0.15) is 5.75 Å². The van der Waals surface area contributed by atoms with Crippen molar-refractivity contribution in [3.63, 3.8) is 0 Å². The van der Waals surface area contributed by atoms with E-state index in [0.717, 1.165) is 18.0 Å². The topological polar surface area (TPSA) is 21.3 Å². The van der Waals surface area contributed by atoms with Crippen molar-refractivity contribution in [3.8, 4) is 5.75 Å². The van der Waals surface area contributed by atoms with E-state index in [-0.39, 0.29) is 1.43 Å². The molecule has 1 N–H and O–H groups in total. The van der Waals surface area contributed by atoms with Gasteiger partial charge in [0.05, 0.1) is 5.69 Å². The first-order valence-electron chi connectivity index (χ1n) is 6.00. The summed E-state index contributed by atoms with van der Waals surface area (Å²) >= 11 is 1.77. The Hall–Kier alpha value is -1.26. The number of aryl methyl sites for hydroxylation is 1. The van der Waals surface area contributed by atoms with Gasteiger partial charge in [0.25, 0.3) is 9.04 Å². The van der Waals surface area contributed by atoms with Crippen molar-refractivity contribution in [2.24, 2.45) is 0 Å². The largest absolute Gasteiger partial charge is 1.00 e. The van der Waals surface area contributed by atoms with E-state index in [2.05, 4.69) is 61.0 Å². The van der Waals surface area contributed by atoms with Crippen LogP contribution in [0.1, 0.15) is 11.9 Å². The maximum atomic E-state index is 5.99. The molecule has 0 fully saturated rings. The fourth-order valence-corrected chi connectivity index (χ4v) is 3.05. The summed E-state index contributed by atoms with van der Waals surface area (Å²) in [6.45, 7) is 7.25. The van der Waals surface area contributed by atoms with Crippen molar-refractivity contribution < 1.29 is 5.85 Å². The van der Waals surface area contributed by atoms with Gasteiger partial charge in [-0.1, -0.05) is 18.2 Å². The quantitative estimate of drug-likeness (QED) is 0.817. The van der Waals surface area contributed by atoms with Crippen LogP contribution in [0.3, 0.4) is 0 Å². The Balaban J connectivity index is 0.00000180. The second kappa shape index (κ2) is 6.07. The van der Waals surface area contributed by atoms with E-state index in [1.807, 2.05) is 0 Å². The van der Waals surface area contributed by atoms with Gasteiger partial charge in [-0.05, 0) is 43.1 Å². The van der Waals surface area contributed by atoms with Crippen LogP contribution in [0.2, 0.25) is 13.1 Å². The van der Waals surface area contributed by atoms with E-state index >= 15 is 0 Å². The smallest absolute Gasteiger partial charge is 0.541 e. The van der Waals surface area contributed by atoms with E-state index in [4.69, 9.17) is 4.43 Å². The van der Waals surface area contributed by atoms with Crippen LogP contribution in [0.25, 0.3) is 0 Å². The molecule has 0 saturated heterocycles. The molecule has 2 nitrogen and oxygen atoms in total. The number of hydrogen-bond acceptors (Lipinski definition) is 3. The molecule has 1 aromatic carbocycles. The van der Waals surface area contributed by atoms with E-state index in [9.17, 15) is 0 Å². The lowest BCUT2D eigenvalue weighted by atomic mass is 10.2. The number of benzene rings is 1. The second-order valence-electron chi connectivity index (χ2n) is 4.39. The Morgan fingerprint density at radius 3 is 2.78 bits per heavy atom. The second-order valence-corrected chi connectivity index (χ2v) is 7.45. The molecule has 0 aliphatic rings. The van der Waals surface area contributed by atoms with Crippen molar-refractivity contribution in [1.82, 2.24) is 0 Å².